The number of para-hydroxylation sites is 1. The summed E-state index contributed by atoms with van der Waals surface area (Å²) in [6.45, 7) is 2.78. The molecule has 1 aliphatic rings. The van der Waals surface area contributed by atoms with Gasteiger partial charge in [0, 0.05) is 26.0 Å². The van der Waals surface area contributed by atoms with Gasteiger partial charge in [-0.1, -0.05) is 18.2 Å². The van der Waals surface area contributed by atoms with Gasteiger partial charge in [0.25, 0.3) is 5.91 Å². The third-order valence-electron chi connectivity index (χ3n) is 4.86. The molecule has 138 valence electrons. The van der Waals surface area contributed by atoms with Gasteiger partial charge in [-0.15, -0.1) is 0 Å². The van der Waals surface area contributed by atoms with Gasteiger partial charge >= 0.3 is 0 Å². The van der Waals surface area contributed by atoms with Crippen molar-refractivity contribution in [3.63, 3.8) is 0 Å². The molecule has 2 heterocycles. The van der Waals surface area contributed by atoms with Gasteiger partial charge < -0.3 is 15.0 Å². The van der Waals surface area contributed by atoms with Crippen LogP contribution in [0.1, 0.15) is 18.4 Å². The molecule has 2 amide bonds. The fraction of sp³-hybridized carbons (Fsp3) is 0.421. The van der Waals surface area contributed by atoms with Crippen LogP contribution in [-0.2, 0) is 15.1 Å². The number of amides is 2. The van der Waals surface area contributed by atoms with Crippen LogP contribution in [-0.4, -0.2) is 53.2 Å². The first-order valence-corrected chi connectivity index (χ1v) is 8.75. The molecular formula is C19H24N4O3. The molecule has 1 aromatic carbocycles. The van der Waals surface area contributed by atoms with E-state index in [1.807, 2.05) is 31.2 Å². The summed E-state index contributed by atoms with van der Waals surface area (Å²) in [5.74, 6) is 0.425. The summed E-state index contributed by atoms with van der Waals surface area (Å²) >= 11 is 0. The second kappa shape index (κ2) is 7.59. The maximum atomic E-state index is 12.7. The third kappa shape index (κ3) is 3.42. The van der Waals surface area contributed by atoms with E-state index < -0.39 is 5.54 Å². The van der Waals surface area contributed by atoms with Crippen LogP contribution in [0.5, 0.6) is 5.75 Å². The van der Waals surface area contributed by atoms with E-state index in [1.165, 1.54) is 0 Å². The number of rotatable bonds is 5. The second-order valence-corrected chi connectivity index (χ2v) is 6.53. The number of hydrogen-bond donors (Lipinski definition) is 1. The first-order valence-electron chi connectivity index (χ1n) is 8.75. The molecule has 26 heavy (non-hydrogen) atoms. The Kier molecular flexibility index (Phi) is 5.25. The lowest BCUT2D eigenvalue weighted by Crippen LogP contribution is -2.59. The zero-order valence-corrected chi connectivity index (χ0v) is 15.1. The van der Waals surface area contributed by atoms with Crippen LogP contribution in [0.25, 0.3) is 0 Å². The van der Waals surface area contributed by atoms with Crippen molar-refractivity contribution in [2.75, 3.05) is 26.7 Å². The maximum Gasteiger partial charge on any atom is 0.260 e. The fourth-order valence-corrected chi connectivity index (χ4v) is 3.43. The van der Waals surface area contributed by atoms with Crippen molar-refractivity contribution in [1.82, 2.24) is 20.0 Å². The number of hydrogen-bond acceptors (Lipinski definition) is 4. The van der Waals surface area contributed by atoms with Crippen LogP contribution < -0.4 is 10.1 Å². The molecule has 7 nitrogen and oxygen atoms in total. The lowest BCUT2D eigenvalue weighted by Gasteiger charge is -2.41. The molecule has 0 saturated carbocycles. The molecule has 1 fully saturated rings. The number of aryl methyl sites for hydroxylation is 1. The average Bonchev–Trinajstić information content (AvgIpc) is 3.22. The Morgan fingerprint density at radius 3 is 2.81 bits per heavy atom. The smallest absolute Gasteiger partial charge is 0.260 e. The van der Waals surface area contributed by atoms with E-state index in [0.29, 0.717) is 18.7 Å². The van der Waals surface area contributed by atoms with Gasteiger partial charge in [-0.2, -0.15) is 5.10 Å². The van der Waals surface area contributed by atoms with Crippen LogP contribution >= 0.6 is 0 Å². The maximum absolute atomic E-state index is 12.7. The second-order valence-electron chi connectivity index (χ2n) is 6.53. The molecule has 1 aromatic heterocycles. The SMILES string of the molecule is CNC(=O)C1(n2cccn2)CCCN(C(=O)COc2ccccc2C)C1. The summed E-state index contributed by atoms with van der Waals surface area (Å²) in [7, 11) is 1.61. The minimum absolute atomic E-state index is 0.0478. The molecule has 0 radical (unpaired) electrons. The largest absolute Gasteiger partial charge is 0.484 e. The highest BCUT2D eigenvalue weighted by Crippen LogP contribution is 2.29. The highest BCUT2D eigenvalue weighted by atomic mass is 16.5. The Bertz CT molecular complexity index is 775. The first-order chi connectivity index (χ1) is 12.6. The van der Waals surface area contributed by atoms with Crippen molar-refractivity contribution in [1.29, 1.82) is 0 Å². The Morgan fingerprint density at radius 1 is 1.31 bits per heavy atom. The molecule has 0 aliphatic carbocycles. The average molecular weight is 356 g/mol. The van der Waals surface area contributed by atoms with E-state index in [-0.39, 0.29) is 25.0 Å². The summed E-state index contributed by atoms with van der Waals surface area (Å²) in [4.78, 5) is 27.0. The number of nitrogens with zero attached hydrogens (tertiary/aromatic N) is 3. The standard InChI is InChI=1S/C19H24N4O3/c1-15-7-3-4-8-16(15)26-13-17(24)22-11-5-9-19(14-22,18(25)20-2)23-12-6-10-21-23/h3-4,6-8,10,12H,5,9,11,13-14H2,1-2H3,(H,20,25). The summed E-state index contributed by atoms with van der Waals surface area (Å²) in [5.41, 5.74) is 0.102. The van der Waals surface area contributed by atoms with Crippen LogP contribution in [0.4, 0.5) is 0 Å². The Morgan fingerprint density at radius 2 is 2.12 bits per heavy atom. The highest BCUT2D eigenvalue weighted by Gasteiger charge is 2.45. The van der Waals surface area contributed by atoms with Crippen molar-refractivity contribution in [3.05, 3.63) is 48.3 Å². The van der Waals surface area contributed by atoms with E-state index in [0.717, 1.165) is 12.0 Å². The van der Waals surface area contributed by atoms with Gasteiger partial charge in [0.2, 0.25) is 5.91 Å². The van der Waals surface area contributed by atoms with Crippen molar-refractivity contribution in [2.24, 2.45) is 0 Å². The van der Waals surface area contributed by atoms with E-state index in [1.54, 1.807) is 35.1 Å². The van der Waals surface area contributed by atoms with Crippen molar-refractivity contribution < 1.29 is 14.3 Å². The van der Waals surface area contributed by atoms with Crippen molar-refractivity contribution in [3.8, 4) is 5.75 Å². The zero-order chi connectivity index (χ0) is 18.6. The molecule has 7 heteroatoms. The van der Waals surface area contributed by atoms with Crippen LogP contribution in [0.3, 0.4) is 0 Å². The topological polar surface area (TPSA) is 76.5 Å². The van der Waals surface area contributed by atoms with Crippen molar-refractivity contribution in [2.45, 2.75) is 25.3 Å². The quantitative estimate of drug-likeness (QED) is 0.877. The number of carbonyl (C=O) groups is 2. The van der Waals surface area contributed by atoms with Gasteiger partial charge in [-0.3, -0.25) is 14.3 Å². The van der Waals surface area contributed by atoms with Crippen LogP contribution in [0.15, 0.2) is 42.7 Å². The fourth-order valence-electron chi connectivity index (χ4n) is 3.43. The molecule has 1 unspecified atom stereocenters. The van der Waals surface area contributed by atoms with Gasteiger partial charge in [0.15, 0.2) is 12.1 Å². The van der Waals surface area contributed by atoms with Gasteiger partial charge in [-0.05, 0) is 37.5 Å². The Labute approximate surface area is 152 Å². The predicted molar refractivity (Wildman–Crippen MR) is 96.8 cm³/mol. The number of piperidine rings is 1. The number of likely N-dealkylation sites (N-methyl/N-ethyl adjacent to an activating group) is 1. The summed E-state index contributed by atoms with van der Waals surface area (Å²) < 4.78 is 7.34. The molecular weight excluding hydrogens is 332 g/mol. The number of nitrogens with one attached hydrogen (secondary N) is 1. The molecule has 3 rings (SSSR count). The minimum Gasteiger partial charge on any atom is -0.484 e. The van der Waals surface area contributed by atoms with Crippen LogP contribution in [0, 0.1) is 6.92 Å². The van der Waals surface area contributed by atoms with Gasteiger partial charge in [0.1, 0.15) is 5.75 Å². The molecule has 1 atom stereocenters. The van der Waals surface area contributed by atoms with Crippen molar-refractivity contribution >= 4 is 11.8 Å². The van der Waals surface area contributed by atoms with Crippen LogP contribution in [0.2, 0.25) is 0 Å². The highest BCUT2D eigenvalue weighted by molar-refractivity contribution is 5.86. The van der Waals surface area contributed by atoms with E-state index >= 15 is 0 Å². The van der Waals surface area contributed by atoms with E-state index in [4.69, 9.17) is 4.74 Å². The van der Waals surface area contributed by atoms with E-state index in [9.17, 15) is 9.59 Å². The summed E-state index contributed by atoms with van der Waals surface area (Å²) in [5, 5.41) is 6.99. The van der Waals surface area contributed by atoms with Gasteiger partial charge in [0.05, 0.1) is 6.54 Å². The minimum atomic E-state index is -0.880. The summed E-state index contributed by atoms with van der Waals surface area (Å²) in [6.07, 6.45) is 4.78. The van der Waals surface area contributed by atoms with E-state index in [2.05, 4.69) is 10.4 Å². The molecule has 2 aromatic rings. The third-order valence-corrected chi connectivity index (χ3v) is 4.86. The number of likely N-dealkylation sites (tertiary alicyclic amines) is 1. The number of carbonyl (C=O) groups excluding carboxylic acids is 2. The molecule has 0 bridgehead atoms. The lowest BCUT2D eigenvalue weighted by molar-refractivity contribution is -0.142. The molecule has 1 N–H and O–H groups in total. The normalized spacial score (nSPS) is 19.8. The number of benzene rings is 1. The number of aromatic nitrogens is 2. The lowest BCUT2D eigenvalue weighted by atomic mass is 9.88. The summed E-state index contributed by atoms with van der Waals surface area (Å²) in [6, 6.07) is 9.37. The molecule has 1 aliphatic heterocycles. The monoisotopic (exact) mass is 356 g/mol. The first kappa shape index (κ1) is 18.0. The van der Waals surface area contributed by atoms with Gasteiger partial charge in [-0.25, -0.2) is 0 Å². The Balaban J connectivity index is 1.73. The Hall–Kier alpha value is -2.83. The predicted octanol–water partition coefficient (Wildman–Crippen LogP) is 1.33. The zero-order valence-electron chi connectivity index (χ0n) is 15.1. The molecule has 0 spiro atoms. The number of ether oxygens (including phenoxy) is 1. The molecule has 1 saturated heterocycles.